The quantitative estimate of drug-likeness (QED) is 0.872. The smallest absolute Gasteiger partial charge is 0.256 e. The zero-order valence-corrected chi connectivity index (χ0v) is 14.1. The second-order valence-electron chi connectivity index (χ2n) is 5.49. The largest absolute Gasteiger partial charge is 0.464 e. The number of amides is 1. The fraction of sp³-hybridized carbons (Fsp3) is 0.312. The molecule has 0 spiro atoms. The van der Waals surface area contributed by atoms with Gasteiger partial charge < -0.3 is 9.73 Å². The van der Waals surface area contributed by atoms with Crippen LogP contribution in [0.2, 0.25) is 0 Å². The van der Waals surface area contributed by atoms with Gasteiger partial charge in [-0.3, -0.25) is 4.79 Å². The van der Waals surface area contributed by atoms with Crippen molar-refractivity contribution in [1.29, 1.82) is 0 Å². The third-order valence-electron chi connectivity index (χ3n) is 3.65. The molecule has 0 saturated carbocycles. The summed E-state index contributed by atoms with van der Waals surface area (Å²) >= 11 is 0. The Morgan fingerprint density at radius 2 is 1.83 bits per heavy atom. The summed E-state index contributed by atoms with van der Waals surface area (Å²) < 4.78 is 28.6. The highest BCUT2D eigenvalue weighted by molar-refractivity contribution is 7.89. The topological polar surface area (TPSA) is 102 Å². The monoisotopic (exact) mass is 336 g/mol. The van der Waals surface area contributed by atoms with E-state index in [1.54, 1.807) is 0 Å². The SMILES string of the molecule is Cc1oc(C)c(S(N)(=O)=O)c1C(=O)NC[C@@H](C)c1ccccc1. The lowest BCUT2D eigenvalue weighted by Crippen LogP contribution is -2.29. The summed E-state index contributed by atoms with van der Waals surface area (Å²) in [6, 6.07) is 9.72. The molecule has 3 N–H and O–H groups in total. The Labute approximate surface area is 135 Å². The average Bonchev–Trinajstić information content (AvgIpc) is 2.79. The number of carbonyl (C=O) groups excluding carboxylic acids is 1. The fourth-order valence-electron chi connectivity index (χ4n) is 2.50. The molecule has 124 valence electrons. The maximum atomic E-state index is 12.4. The van der Waals surface area contributed by atoms with E-state index >= 15 is 0 Å². The van der Waals surface area contributed by atoms with Gasteiger partial charge in [-0.2, -0.15) is 0 Å². The maximum Gasteiger partial charge on any atom is 0.256 e. The Kier molecular flexibility index (Phi) is 4.91. The summed E-state index contributed by atoms with van der Waals surface area (Å²) in [6.07, 6.45) is 0. The zero-order chi connectivity index (χ0) is 17.2. The van der Waals surface area contributed by atoms with Crippen molar-refractivity contribution in [1.82, 2.24) is 5.32 Å². The van der Waals surface area contributed by atoms with Crippen LogP contribution in [0.25, 0.3) is 0 Å². The summed E-state index contributed by atoms with van der Waals surface area (Å²) in [5.74, 6) is -0.0693. The standard InChI is InChI=1S/C16H20N2O4S/c1-10(13-7-5-4-6-8-13)9-18-16(19)14-11(2)22-12(3)15(14)23(17,20)21/h4-8,10H,9H2,1-3H3,(H,18,19)(H2,17,20,21)/t10-/m1/s1. The fourth-order valence-corrected chi connectivity index (χ4v) is 3.47. The van der Waals surface area contributed by atoms with E-state index in [1.165, 1.54) is 13.8 Å². The Balaban J connectivity index is 2.19. The molecule has 1 heterocycles. The lowest BCUT2D eigenvalue weighted by atomic mass is 10.0. The van der Waals surface area contributed by atoms with Crippen molar-refractivity contribution in [3.05, 3.63) is 53.0 Å². The number of benzene rings is 1. The van der Waals surface area contributed by atoms with Gasteiger partial charge in [0.05, 0.1) is 0 Å². The van der Waals surface area contributed by atoms with Gasteiger partial charge in [0, 0.05) is 6.54 Å². The molecular weight excluding hydrogens is 316 g/mol. The van der Waals surface area contributed by atoms with E-state index in [0.717, 1.165) is 5.56 Å². The predicted octanol–water partition coefficient (Wildman–Crippen LogP) is 2.08. The van der Waals surface area contributed by atoms with Crippen LogP contribution >= 0.6 is 0 Å². The van der Waals surface area contributed by atoms with Crippen LogP contribution in [0.4, 0.5) is 0 Å². The third kappa shape index (κ3) is 3.80. The van der Waals surface area contributed by atoms with Gasteiger partial charge in [-0.1, -0.05) is 37.3 Å². The predicted molar refractivity (Wildman–Crippen MR) is 86.7 cm³/mol. The minimum absolute atomic E-state index is 0.0229. The van der Waals surface area contributed by atoms with Gasteiger partial charge in [0.1, 0.15) is 22.0 Å². The summed E-state index contributed by atoms with van der Waals surface area (Å²) in [5, 5.41) is 7.93. The Morgan fingerprint density at radius 3 is 2.39 bits per heavy atom. The number of hydrogen-bond acceptors (Lipinski definition) is 4. The van der Waals surface area contributed by atoms with Crippen molar-refractivity contribution >= 4 is 15.9 Å². The van der Waals surface area contributed by atoms with Gasteiger partial charge in [-0.15, -0.1) is 0 Å². The highest BCUT2D eigenvalue weighted by Gasteiger charge is 2.28. The summed E-state index contributed by atoms with van der Waals surface area (Å²) in [5.41, 5.74) is 1.06. The lowest BCUT2D eigenvalue weighted by molar-refractivity contribution is 0.0947. The van der Waals surface area contributed by atoms with Crippen LogP contribution in [0.5, 0.6) is 0 Å². The van der Waals surface area contributed by atoms with Gasteiger partial charge in [0.15, 0.2) is 0 Å². The normalized spacial score (nSPS) is 12.9. The number of carbonyl (C=O) groups is 1. The van der Waals surface area contributed by atoms with Gasteiger partial charge in [0.25, 0.3) is 5.91 Å². The molecular formula is C16H20N2O4S. The molecule has 0 aliphatic rings. The first-order valence-corrected chi connectivity index (χ1v) is 8.72. The molecule has 1 amide bonds. The van der Waals surface area contributed by atoms with Gasteiger partial charge in [-0.05, 0) is 25.3 Å². The second-order valence-corrected chi connectivity index (χ2v) is 6.98. The molecule has 0 unspecified atom stereocenters. The number of nitrogens with one attached hydrogen (secondary N) is 1. The number of nitrogens with two attached hydrogens (primary N) is 1. The molecule has 1 aromatic carbocycles. The van der Waals surface area contributed by atoms with Crippen LogP contribution in [-0.4, -0.2) is 20.9 Å². The van der Waals surface area contributed by atoms with Crippen molar-refractivity contribution in [2.75, 3.05) is 6.54 Å². The van der Waals surface area contributed by atoms with Gasteiger partial charge >= 0.3 is 0 Å². The first-order chi connectivity index (χ1) is 10.7. The second kappa shape index (κ2) is 6.55. The van der Waals surface area contributed by atoms with Crippen LogP contribution in [0.3, 0.4) is 0 Å². The van der Waals surface area contributed by atoms with Crippen molar-refractivity contribution in [3.63, 3.8) is 0 Å². The molecule has 0 saturated heterocycles. The van der Waals surface area contributed by atoms with Crippen molar-refractivity contribution < 1.29 is 17.6 Å². The molecule has 2 aromatic rings. The van der Waals surface area contributed by atoms with Crippen molar-refractivity contribution in [2.45, 2.75) is 31.6 Å². The Morgan fingerprint density at radius 1 is 1.22 bits per heavy atom. The van der Waals surface area contributed by atoms with E-state index in [4.69, 9.17) is 9.56 Å². The molecule has 7 heteroatoms. The average molecular weight is 336 g/mol. The van der Waals surface area contributed by atoms with Crippen molar-refractivity contribution in [2.24, 2.45) is 5.14 Å². The van der Waals surface area contributed by atoms with Gasteiger partial charge in [0.2, 0.25) is 10.0 Å². The number of rotatable bonds is 5. The maximum absolute atomic E-state index is 12.4. The molecule has 23 heavy (non-hydrogen) atoms. The first kappa shape index (κ1) is 17.2. The van der Waals surface area contributed by atoms with E-state index in [-0.39, 0.29) is 27.9 Å². The van der Waals surface area contributed by atoms with Crippen LogP contribution in [0, 0.1) is 13.8 Å². The van der Waals surface area contributed by atoms with E-state index in [0.29, 0.717) is 6.54 Å². The number of furan rings is 1. The minimum Gasteiger partial charge on any atom is -0.464 e. The summed E-state index contributed by atoms with van der Waals surface area (Å²) in [4.78, 5) is 12.1. The highest BCUT2D eigenvalue weighted by Crippen LogP contribution is 2.25. The third-order valence-corrected chi connectivity index (χ3v) is 4.71. The van der Waals surface area contributed by atoms with Crippen LogP contribution in [-0.2, 0) is 10.0 Å². The highest BCUT2D eigenvalue weighted by atomic mass is 32.2. The summed E-state index contributed by atoms with van der Waals surface area (Å²) in [7, 11) is -4.03. The molecule has 0 aliphatic carbocycles. The molecule has 0 fully saturated rings. The van der Waals surface area contributed by atoms with E-state index < -0.39 is 15.9 Å². The molecule has 0 radical (unpaired) electrons. The molecule has 0 bridgehead atoms. The minimum atomic E-state index is -4.03. The molecule has 0 aliphatic heterocycles. The zero-order valence-electron chi connectivity index (χ0n) is 13.3. The molecule has 6 nitrogen and oxygen atoms in total. The van der Waals surface area contributed by atoms with E-state index in [2.05, 4.69) is 5.32 Å². The Bertz CT molecular complexity index is 810. The van der Waals surface area contributed by atoms with Crippen LogP contribution in [0.15, 0.2) is 39.6 Å². The van der Waals surface area contributed by atoms with Crippen LogP contribution < -0.4 is 10.5 Å². The lowest BCUT2D eigenvalue weighted by Gasteiger charge is -2.13. The summed E-state index contributed by atoms with van der Waals surface area (Å²) in [6.45, 7) is 5.35. The van der Waals surface area contributed by atoms with E-state index in [1.807, 2.05) is 37.3 Å². The molecule has 1 atom stereocenters. The molecule has 1 aromatic heterocycles. The molecule has 2 rings (SSSR count). The van der Waals surface area contributed by atoms with Gasteiger partial charge in [-0.25, -0.2) is 13.6 Å². The van der Waals surface area contributed by atoms with E-state index in [9.17, 15) is 13.2 Å². The van der Waals surface area contributed by atoms with Crippen LogP contribution in [0.1, 0.15) is 40.3 Å². The van der Waals surface area contributed by atoms with Crippen molar-refractivity contribution in [3.8, 4) is 0 Å². The number of sulfonamides is 1. The number of primary sulfonamides is 1. The number of aryl methyl sites for hydroxylation is 2. The first-order valence-electron chi connectivity index (χ1n) is 7.17. The Hall–Kier alpha value is -2.12. The number of hydrogen-bond donors (Lipinski definition) is 2.